The number of nitrogens with zero attached hydrogens (tertiary/aromatic N) is 1. The number of phenolic OH excluding ortho intramolecular Hbond substituents is 2. The molecule has 0 fully saturated rings. The number of phenols is 2. The zero-order valence-electron chi connectivity index (χ0n) is 15.2. The molecule has 0 saturated heterocycles. The molecule has 5 heteroatoms. The van der Waals surface area contributed by atoms with Crippen molar-refractivity contribution in [3.63, 3.8) is 0 Å². The molecule has 4 rings (SSSR count). The van der Waals surface area contributed by atoms with Crippen LogP contribution in [0.2, 0.25) is 5.02 Å². The van der Waals surface area contributed by atoms with Gasteiger partial charge in [-0.05, 0) is 60.7 Å². The van der Waals surface area contributed by atoms with E-state index in [1.165, 1.54) is 0 Å². The largest absolute Gasteiger partial charge is 0.508 e. The predicted octanol–water partition coefficient (Wildman–Crippen LogP) is 5.48. The number of para-hydroxylation sites is 2. The number of fused-ring (bicyclic) bond motifs is 1. The zero-order chi connectivity index (χ0) is 19.7. The van der Waals surface area contributed by atoms with Gasteiger partial charge in [-0.15, -0.1) is 0 Å². The molecular formula is C23H20ClNO3. The Bertz CT molecular complexity index is 1020. The van der Waals surface area contributed by atoms with E-state index in [1.54, 1.807) is 35.2 Å². The summed E-state index contributed by atoms with van der Waals surface area (Å²) in [6.45, 7) is 0. The lowest BCUT2D eigenvalue weighted by Gasteiger charge is -2.36. The minimum absolute atomic E-state index is 0.139. The van der Waals surface area contributed by atoms with Gasteiger partial charge in [0, 0.05) is 5.69 Å². The summed E-state index contributed by atoms with van der Waals surface area (Å²) in [6.07, 6.45) is 2.39. The number of amides is 1. The van der Waals surface area contributed by atoms with E-state index in [9.17, 15) is 15.0 Å². The van der Waals surface area contributed by atoms with Gasteiger partial charge in [-0.1, -0.05) is 48.0 Å². The number of carbonyl (C=O) groups excluding carboxylic acids is 1. The molecule has 0 aromatic heterocycles. The van der Waals surface area contributed by atoms with Gasteiger partial charge in [-0.2, -0.15) is 0 Å². The Kier molecular flexibility index (Phi) is 4.97. The zero-order valence-corrected chi connectivity index (χ0v) is 15.9. The van der Waals surface area contributed by atoms with E-state index >= 15 is 0 Å². The maximum Gasteiger partial charge on any atom is 0.262 e. The number of aromatic hydroxyl groups is 2. The molecule has 1 amide bonds. The van der Waals surface area contributed by atoms with E-state index in [0.29, 0.717) is 0 Å². The first-order valence-electron chi connectivity index (χ1n) is 9.24. The lowest BCUT2D eigenvalue weighted by Crippen LogP contribution is -2.37. The molecule has 3 aromatic carbocycles. The third-order valence-electron chi connectivity index (χ3n) is 5.23. The molecule has 0 radical (unpaired) electrons. The summed E-state index contributed by atoms with van der Waals surface area (Å²) in [5.41, 5.74) is 2.70. The molecule has 1 aliphatic carbocycles. The van der Waals surface area contributed by atoms with Crippen molar-refractivity contribution >= 4 is 23.2 Å². The maximum absolute atomic E-state index is 13.6. The summed E-state index contributed by atoms with van der Waals surface area (Å²) in [5, 5.41) is 20.8. The first kappa shape index (κ1) is 18.4. The van der Waals surface area contributed by atoms with Crippen molar-refractivity contribution in [2.45, 2.75) is 25.3 Å². The minimum atomic E-state index is -0.326. The van der Waals surface area contributed by atoms with Gasteiger partial charge in [0.2, 0.25) is 0 Å². The van der Waals surface area contributed by atoms with Crippen molar-refractivity contribution in [3.05, 3.63) is 88.4 Å². The topological polar surface area (TPSA) is 60.8 Å². The van der Waals surface area contributed by atoms with Gasteiger partial charge in [-0.3, -0.25) is 4.79 Å². The summed E-state index contributed by atoms with van der Waals surface area (Å²) < 4.78 is 0. The van der Waals surface area contributed by atoms with Gasteiger partial charge in [0.05, 0.1) is 16.6 Å². The molecule has 4 nitrogen and oxygen atoms in total. The van der Waals surface area contributed by atoms with Crippen molar-refractivity contribution < 1.29 is 15.0 Å². The molecule has 3 aromatic rings. The van der Waals surface area contributed by atoms with E-state index in [0.717, 1.165) is 36.1 Å². The van der Waals surface area contributed by atoms with E-state index in [-0.39, 0.29) is 34.0 Å². The first-order valence-corrected chi connectivity index (χ1v) is 9.62. The summed E-state index contributed by atoms with van der Waals surface area (Å²) >= 11 is 6.04. The smallest absolute Gasteiger partial charge is 0.262 e. The molecular weight excluding hydrogens is 374 g/mol. The second-order valence-corrected chi connectivity index (χ2v) is 7.31. The number of anilines is 1. The SMILES string of the molecule is O=C(c1cccc(Cl)c1O)N(c1ccccc1)C1CCCc2c(O)cccc21. The number of carbonyl (C=O) groups is 1. The second kappa shape index (κ2) is 7.56. The lowest BCUT2D eigenvalue weighted by atomic mass is 9.85. The maximum atomic E-state index is 13.6. The molecule has 0 heterocycles. The fourth-order valence-corrected chi connectivity index (χ4v) is 4.09. The standard InChI is InChI=1S/C23H20ClNO3/c24-19-12-4-11-18(22(19)27)23(28)25(15-7-2-1-3-8-15)20-13-5-10-17-16(20)9-6-14-21(17)26/h1-4,6-9,11-12,14,20,26-27H,5,10,13H2. The van der Waals surface area contributed by atoms with Crippen molar-refractivity contribution in [3.8, 4) is 11.5 Å². The third-order valence-corrected chi connectivity index (χ3v) is 5.54. The van der Waals surface area contributed by atoms with E-state index in [4.69, 9.17) is 11.6 Å². The molecule has 0 saturated carbocycles. The summed E-state index contributed by atoms with van der Waals surface area (Å²) in [4.78, 5) is 15.3. The summed E-state index contributed by atoms with van der Waals surface area (Å²) in [6, 6.07) is 19.4. The Morgan fingerprint density at radius 2 is 1.71 bits per heavy atom. The number of hydrogen-bond donors (Lipinski definition) is 2. The van der Waals surface area contributed by atoms with Crippen LogP contribution in [-0.4, -0.2) is 16.1 Å². The van der Waals surface area contributed by atoms with Crippen LogP contribution in [0, 0.1) is 0 Å². The van der Waals surface area contributed by atoms with Crippen LogP contribution in [-0.2, 0) is 6.42 Å². The molecule has 1 unspecified atom stereocenters. The quantitative estimate of drug-likeness (QED) is 0.619. The van der Waals surface area contributed by atoms with E-state index in [1.807, 2.05) is 36.4 Å². The Morgan fingerprint density at radius 1 is 0.964 bits per heavy atom. The van der Waals surface area contributed by atoms with E-state index in [2.05, 4.69) is 0 Å². The van der Waals surface area contributed by atoms with Crippen molar-refractivity contribution in [2.24, 2.45) is 0 Å². The molecule has 1 aliphatic rings. The van der Waals surface area contributed by atoms with Crippen LogP contribution in [0.25, 0.3) is 0 Å². The Morgan fingerprint density at radius 3 is 2.50 bits per heavy atom. The Hall–Kier alpha value is -2.98. The highest BCUT2D eigenvalue weighted by Gasteiger charge is 2.33. The van der Waals surface area contributed by atoms with Crippen LogP contribution in [0.4, 0.5) is 5.69 Å². The number of halogens is 1. The first-order chi connectivity index (χ1) is 13.6. The van der Waals surface area contributed by atoms with Gasteiger partial charge < -0.3 is 15.1 Å². The average molecular weight is 394 g/mol. The molecule has 1 atom stereocenters. The van der Waals surface area contributed by atoms with Gasteiger partial charge in [0.25, 0.3) is 5.91 Å². The fourth-order valence-electron chi connectivity index (χ4n) is 3.92. The minimum Gasteiger partial charge on any atom is -0.508 e. The monoisotopic (exact) mass is 393 g/mol. The highest BCUT2D eigenvalue weighted by Crippen LogP contribution is 2.41. The highest BCUT2D eigenvalue weighted by molar-refractivity contribution is 6.32. The van der Waals surface area contributed by atoms with Crippen molar-refractivity contribution in [2.75, 3.05) is 4.90 Å². The molecule has 142 valence electrons. The fraction of sp³-hybridized carbons (Fsp3) is 0.174. The Labute approximate surface area is 168 Å². The van der Waals surface area contributed by atoms with Crippen molar-refractivity contribution in [1.29, 1.82) is 0 Å². The normalized spacial score (nSPS) is 15.7. The molecule has 0 spiro atoms. The lowest BCUT2D eigenvalue weighted by molar-refractivity contribution is 0.0971. The van der Waals surface area contributed by atoms with E-state index < -0.39 is 0 Å². The van der Waals surface area contributed by atoms with Crippen LogP contribution in [0.15, 0.2) is 66.7 Å². The Balaban J connectivity index is 1.86. The third kappa shape index (κ3) is 3.20. The number of hydrogen-bond acceptors (Lipinski definition) is 3. The van der Waals surface area contributed by atoms with Crippen LogP contribution in [0.5, 0.6) is 11.5 Å². The molecule has 0 bridgehead atoms. The van der Waals surface area contributed by atoms with Crippen LogP contribution < -0.4 is 4.90 Å². The average Bonchev–Trinajstić information content (AvgIpc) is 2.72. The summed E-state index contributed by atoms with van der Waals surface area (Å²) in [5.74, 6) is -0.289. The van der Waals surface area contributed by atoms with Gasteiger partial charge in [0.1, 0.15) is 11.5 Å². The van der Waals surface area contributed by atoms with Crippen LogP contribution >= 0.6 is 11.6 Å². The number of rotatable bonds is 3. The second-order valence-electron chi connectivity index (χ2n) is 6.90. The van der Waals surface area contributed by atoms with Crippen LogP contribution in [0.1, 0.15) is 40.4 Å². The van der Waals surface area contributed by atoms with Gasteiger partial charge >= 0.3 is 0 Å². The summed E-state index contributed by atoms with van der Waals surface area (Å²) in [7, 11) is 0. The van der Waals surface area contributed by atoms with Crippen molar-refractivity contribution in [1.82, 2.24) is 0 Å². The van der Waals surface area contributed by atoms with Gasteiger partial charge in [0.15, 0.2) is 0 Å². The number of benzene rings is 3. The molecule has 28 heavy (non-hydrogen) atoms. The highest BCUT2D eigenvalue weighted by atomic mass is 35.5. The molecule has 2 N–H and O–H groups in total. The molecule has 0 aliphatic heterocycles. The van der Waals surface area contributed by atoms with Gasteiger partial charge in [-0.25, -0.2) is 0 Å². The van der Waals surface area contributed by atoms with Crippen LogP contribution in [0.3, 0.4) is 0 Å². The predicted molar refractivity (Wildman–Crippen MR) is 110 cm³/mol.